The number of fused-ring (bicyclic) bond motifs is 1. The highest BCUT2D eigenvalue weighted by molar-refractivity contribution is 7.87. The van der Waals surface area contributed by atoms with Crippen molar-refractivity contribution in [3.8, 4) is 22.6 Å². The molecule has 1 amide bonds. The number of hydrogen-bond acceptors (Lipinski definition) is 9. The molecule has 2 aromatic carbocycles. The van der Waals surface area contributed by atoms with Gasteiger partial charge in [0.05, 0.1) is 29.1 Å². The second-order valence-electron chi connectivity index (χ2n) is 10.7. The lowest BCUT2D eigenvalue weighted by Crippen LogP contribution is -2.52. The molecule has 1 aromatic heterocycles. The number of likely N-dealkylation sites (N-methyl/N-ethyl adjacent to an activating group) is 1. The number of hydrogen-bond donors (Lipinski definition) is 1. The van der Waals surface area contributed by atoms with E-state index in [2.05, 4.69) is 5.32 Å². The first-order valence-corrected chi connectivity index (χ1v) is 15.2. The third-order valence-electron chi connectivity index (χ3n) is 6.54. The SMILES string of the molecule is COc1cc(OS(=O)(=O)CC(C)C)ccc1-c1ccc2c(c1C(OC=O)c1ccc(C)s1)N(C)C(=O)C(C)(C)N2. The number of rotatable bonds is 10. The molecule has 0 fully saturated rings. The molecule has 0 spiro atoms. The highest BCUT2D eigenvalue weighted by Crippen LogP contribution is 2.49. The van der Waals surface area contributed by atoms with Gasteiger partial charge in [0.1, 0.15) is 17.0 Å². The minimum atomic E-state index is -3.80. The van der Waals surface area contributed by atoms with Crippen molar-refractivity contribution in [2.24, 2.45) is 5.92 Å². The third-order valence-corrected chi connectivity index (χ3v) is 9.10. The average molecular weight is 587 g/mol. The van der Waals surface area contributed by atoms with Crippen LogP contribution in [0, 0.1) is 12.8 Å². The summed E-state index contributed by atoms with van der Waals surface area (Å²) in [4.78, 5) is 28.6. The number of ether oxygens (including phenoxy) is 2. The number of carbonyl (C=O) groups excluding carboxylic acids is 2. The molecule has 1 N–H and O–H groups in total. The van der Waals surface area contributed by atoms with E-state index < -0.39 is 21.8 Å². The van der Waals surface area contributed by atoms with Crippen LogP contribution in [0.3, 0.4) is 0 Å². The third kappa shape index (κ3) is 5.80. The number of aryl methyl sites for hydroxylation is 1. The number of benzene rings is 2. The molecule has 214 valence electrons. The Morgan fingerprint density at radius 3 is 2.40 bits per heavy atom. The zero-order valence-corrected chi connectivity index (χ0v) is 25.2. The second kappa shape index (κ2) is 11.1. The number of carbonyl (C=O) groups is 2. The fourth-order valence-corrected chi connectivity index (χ4v) is 7.15. The second-order valence-corrected chi connectivity index (χ2v) is 13.6. The normalized spacial score (nSPS) is 15.3. The van der Waals surface area contributed by atoms with E-state index in [1.54, 1.807) is 51.8 Å². The van der Waals surface area contributed by atoms with Crippen molar-refractivity contribution in [1.29, 1.82) is 0 Å². The van der Waals surface area contributed by atoms with Gasteiger partial charge in [-0.05, 0) is 62.6 Å². The van der Waals surface area contributed by atoms with E-state index in [0.717, 1.165) is 9.75 Å². The van der Waals surface area contributed by atoms with Crippen LogP contribution in [0.25, 0.3) is 11.1 Å². The maximum Gasteiger partial charge on any atom is 0.309 e. The van der Waals surface area contributed by atoms with Crippen LogP contribution in [0.4, 0.5) is 11.4 Å². The molecule has 2 heterocycles. The Balaban J connectivity index is 1.95. The molecule has 4 rings (SSSR count). The fraction of sp³-hybridized carbons (Fsp3) is 0.379. The Morgan fingerprint density at radius 2 is 1.80 bits per heavy atom. The topological polar surface area (TPSA) is 111 Å². The van der Waals surface area contributed by atoms with Crippen LogP contribution in [-0.4, -0.2) is 46.2 Å². The van der Waals surface area contributed by atoms with Crippen molar-refractivity contribution in [2.45, 2.75) is 46.3 Å². The van der Waals surface area contributed by atoms with Gasteiger partial charge in [0.25, 0.3) is 12.4 Å². The summed E-state index contributed by atoms with van der Waals surface area (Å²) in [6, 6.07) is 12.3. The molecule has 1 atom stereocenters. The van der Waals surface area contributed by atoms with Crippen molar-refractivity contribution < 1.29 is 31.7 Å². The van der Waals surface area contributed by atoms with E-state index in [-0.39, 0.29) is 23.3 Å². The van der Waals surface area contributed by atoms with Gasteiger partial charge in [-0.1, -0.05) is 19.9 Å². The van der Waals surface area contributed by atoms with Crippen molar-refractivity contribution in [1.82, 2.24) is 0 Å². The Kier molecular flexibility index (Phi) is 8.18. The van der Waals surface area contributed by atoms with E-state index in [9.17, 15) is 18.0 Å². The molecule has 3 aromatic rings. The molecule has 1 aliphatic heterocycles. The molecule has 1 aliphatic rings. The molecule has 40 heavy (non-hydrogen) atoms. The zero-order chi connectivity index (χ0) is 29.4. The van der Waals surface area contributed by atoms with Crippen LogP contribution in [-0.2, 0) is 24.4 Å². The molecule has 0 aliphatic carbocycles. The minimum Gasteiger partial charge on any atom is -0.496 e. The Bertz CT molecular complexity index is 1540. The largest absolute Gasteiger partial charge is 0.496 e. The number of anilines is 2. The van der Waals surface area contributed by atoms with Crippen LogP contribution in [0.5, 0.6) is 11.5 Å². The van der Waals surface area contributed by atoms with Crippen LogP contribution < -0.4 is 19.1 Å². The van der Waals surface area contributed by atoms with Crippen LogP contribution in [0.1, 0.15) is 49.1 Å². The summed E-state index contributed by atoms with van der Waals surface area (Å²) in [6.45, 7) is 9.57. The first kappa shape index (κ1) is 29.4. The van der Waals surface area contributed by atoms with Crippen LogP contribution in [0.2, 0.25) is 0 Å². The number of methoxy groups -OCH3 is 1. The molecule has 1 unspecified atom stereocenters. The number of thiophene rings is 1. The highest BCUT2D eigenvalue weighted by Gasteiger charge is 2.40. The van der Waals surface area contributed by atoms with Gasteiger partial charge >= 0.3 is 10.1 Å². The lowest BCUT2D eigenvalue weighted by atomic mass is 9.88. The van der Waals surface area contributed by atoms with Crippen LogP contribution >= 0.6 is 11.3 Å². The molecule has 0 saturated heterocycles. The molecule has 11 heteroatoms. The fourth-order valence-electron chi connectivity index (χ4n) is 4.94. The summed E-state index contributed by atoms with van der Waals surface area (Å²) >= 11 is 1.48. The van der Waals surface area contributed by atoms with Gasteiger partial charge in [-0.15, -0.1) is 11.3 Å². The van der Waals surface area contributed by atoms with Gasteiger partial charge in [0, 0.05) is 29.1 Å². The summed E-state index contributed by atoms with van der Waals surface area (Å²) in [7, 11) is -0.627. The van der Waals surface area contributed by atoms with Crippen molar-refractivity contribution in [3.05, 3.63) is 57.8 Å². The quantitative estimate of drug-likeness (QED) is 0.244. The van der Waals surface area contributed by atoms with Gasteiger partial charge in [-0.3, -0.25) is 9.59 Å². The lowest BCUT2D eigenvalue weighted by Gasteiger charge is -2.40. The maximum absolute atomic E-state index is 13.4. The molecule has 0 bridgehead atoms. The standard InChI is InChI=1S/C29H34N2O7S2/c1-17(2)15-40(34,35)38-19-9-10-20(23(14-19)36-7)21-11-12-22-26(31(6)28(33)29(4,5)30-22)25(21)27(37-16-32)24-13-8-18(3)39-24/h8-14,16-17,27,30H,15H2,1-7H3. The van der Waals surface area contributed by atoms with Gasteiger partial charge in [-0.25, -0.2) is 0 Å². The maximum atomic E-state index is 13.4. The molecule has 0 saturated carbocycles. The average Bonchev–Trinajstić information content (AvgIpc) is 3.30. The van der Waals surface area contributed by atoms with Crippen molar-refractivity contribution in [2.75, 3.05) is 30.1 Å². The van der Waals surface area contributed by atoms with E-state index >= 15 is 0 Å². The number of nitrogens with one attached hydrogen (secondary N) is 1. The summed E-state index contributed by atoms with van der Waals surface area (Å²) in [5, 5.41) is 3.32. The summed E-state index contributed by atoms with van der Waals surface area (Å²) in [5.41, 5.74) is 2.27. The Morgan fingerprint density at radius 1 is 1.10 bits per heavy atom. The summed E-state index contributed by atoms with van der Waals surface area (Å²) in [6.07, 6.45) is -0.827. The molecular weight excluding hydrogens is 552 g/mol. The van der Waals surface area contributed by atoms with E-state index in [1.807, 2.05) is 31.2 Å². The zero-order valence-electron chi connectivity index (χ0n) is 23.6. The van der Waals surface area contributed by atoms with Gasteiger partial charge in [0.15, 0.2) is 6.10 Å². The monoisotopic (exact) mass is 586 g/mol. The van der Waals surface area contributed by atoms with Gasteiger partial charge in [0.2, 0.25) is 0 Å². The molecule has 9 nitrogen and oxygen atoms in total. The van der Waals surface area contributed by atoms with Crippen molar-refractivity contribution >= 4 is 45.2 Å². The minimum absolute atomic E-state index is 0.0989. The highest BCUT2D eigenvalue weighted by atomic mass is 32.2. The first-order valence-electron chi connectivity index (χ1n) is 12.8. The van der Waals surface area contributed by atoms with Gasteiger partial charge in [-0.2, -0.15) is 8.42 Å². The van der Waals surface area contributed by atoms with Crippen molar-refractivity contribution in [3.63, 3.8) is 0 Å². The predicted molar refractivity (Wildman–Crippen MR) is 157 cm³/mol. The van der Waals surface area contributed by atoms with Gasteiger partial charge < -0.3 is 23.9 Å². The molecule has 0 radical (unpaired) electrons. The predicted octanol–water partition coefficient (Wildman–Crippen LogP) is 5.53. The number of amides is 1. The first-order chi connectivity index (χ1) is 18.8. The van der Waals surface area contributed by atoms with E-state index in [1.165, 1.54) is 24.5 Å². The van der Waals surface area contributed by atoms with E-state index in [0.29, 0.717) is 40.3 Å². The Labute approximate surface area is 239 Å². The smallest absolute Gasteiger partial charge is 0.309 e. The summed E-state index contributed by atoms with van der Waals surface area (Å²) in [5.74, 6) is 0.0883. The van der Waals surface area contributed by atoms with Crippen LogP contribution in [0.15, 0.2) is 42.5 Å². The van der Waals surface area contributed by atoms with E-state index in [4.69, 9.17) is 13.7 Å². The summed E-state index contributed by atoms with van der Waals surface area (Å²) < 4.78 is 41.7. The number of nitrogens with zero attached hydrogens (tertiary/aromatic N) is 1. The lowest BCUT2D eigenvalue weighted by molar-refractivity contribution is -0.131. The molecular formula is C29H34N2O7S2. The Hall–Kier alpha value is -3.57.